The molecule has 0 saturated carbocycles. The van der Waals surface area contributed by atoms with E-state index in [0.29, 0.717) is 11.5 Å². The topological polar surface area (TPSA) is 54.6 Å². The highest BCUT2D eigenvalue weighted by molar-refractivity contribution is 8.00. The van der Waals surface area contributed by atoms with Crippen molar-refractivity contribution in [2.24, 2.45) is 5.10 Å². The zero-order valence-electron chi connectivity index (χ0n) is 9.58. The predicted octanol–water partition coefficient (Wildman–Crippen LogP) is 2.52. The normalized spacial score (nSPS) is 10.7. The number of rotatable bonds is 5. The first kappa shape index (κ1) is 12.4. The summed E-state index contributed by atoms with van der Waals surface area (Å²) < 4.78 is 5.04. The summed E-state index contributed by atoms with van der Waals surface area (Å²) in [6, 6.07) is 13.3. The summed E-state index contributed by atoms with van der Waals surface area (Å²) in [4.78, 5) is 12.5. The van der Waals surface area contributed by atoms with Crippen LogP contribution in [0.5, 0.6) is 0 Å². The molecule has 0 radical (unpaired) electrons. The van der Waals surface area contributed by atoms with Gasteiger partial charge in [0.25, 0.3) is 0 Å². The maximum atomic E-state index is 11.5. The highest BCUT2D eigenvalue weighted by atomic mass is 32.2. The van der Waals surface area contributed by atoms with Crippen LogP contribution >= 0.6 is 11.8 Å². The lowest BCUT2D eigenvalue weighted by atomic mass is 10.4. The van der Waals surface area contributed by atoms with E-state index in [9.17, 15) is 4.79 Å². The third kappa shape index (κ3) is 4.10. The Balaban J connectivity index is 1.73. The molecule has 1 heterocycles. The van der Waals surface area contributed by atoms with Crippen LogP contribution in [0, 0.1) is 0 Å². The first-order valence-corrected chi connectivity index (χ1v) is 6.36. The van der Waals surface area contributed by atoms with Crippen LogP contribution in [-0.2, 0) is 4.79 Å². The number of hydrogen-bond donors (Lipinski definition) is 1. The quantitative estimate of drug-likeness (QED) is 0.510. The number of hydrogen-bond acceptors (Lipinski definition) is 4. The molecule has 0 atom stereocenters. The zero-order chi connectivity index (χ0) is 12.6. The molecule has 0 spiro atoms. The molecular formula is C13H12N2O2S. The minimum Gasteiger partial charge on any atom is -0.463 e. The Kier molecular flexibility index (Phi) is 4.60. The molecule has 0 aliphatic heterocycles. The molecule has 0 aliphatic carbocycles. The van der Waals surface area contributed by atoms with Gasteiger partial charge >= 0.3 is 0 Å². The number of carbonyl (C=O) groups is 1. The molecule has 1 aromatic heterocycles. The molecule has 1 aromatic carbocycles. The second-order valence-electron chi connectivity index (χ2n) is 3.41. The number of thioether (sulfide) groups is 1. The van der Waals surface area contributed by atoms with Crippen molar-refractivity contribution < 1.29 is 9.21 Å². The Hall–Kier alpha value is -2.01. The fourth-order valence-corrected chi connectivity index (χ4v) is 1.94. The molecule has 4 nitrogen and oxygen atoms in total. The second kappa shape index (κ2) is 6.66. The summed E-state index contributed by atoms with van der Waals surface area (Å²) in [5.41, 5.74) is 2.44. The summed E-state index contributed by atoms with van der Waals surface area (Å²) >= 11 is 1.47. The molecule has 2 aromatic rings. The third-order valence-electron chi connectivity index (χ3n) is 2.04. The lowest BCUT2D eigenvalue weighted by Crippen LogP contribution is -2.19. The van der Waals surface area contributed by atoms with Gasteiger partial charge in [-0.25, -0.2) is 5.43 Å². The molecule has 1 N–H and O–H groups in total. The van der Waals surface area contributed by atoms with Gasteiger partial charge in [-0.3, -0.25) is 4.79 Å². The van der Waals surface area contributed by atoms with Crippen molar-refractivity contribution in [2.75, 3.05) is 5.75 Å². The van der Waals surface area contributed by atoms with E-state index in [2.05, 4.69) is 10.5 Å². The number of amides is 1. The van der Waals surface area contributed by atoms with Crippen molar-refractivity contribution in [3.63, 3.8) is 0 Å². The van der Waals surface area contributed by atoms with Gasteiger partial charge in [0.1, 0.15) is 5.76 Å². The van der Waals surface area contributed by atoms with Gasteiger partial charge in [0.2, 0.25) is 5.91 Å². The molecule has 0 aliphatic rings. The van der Waals surface area contributed by atoms with Crippen LogP contribution in [0.15, 0.2) is 63.1 Å². The van der Waals surface area contributed by atoms with Crippen molar-refractivity contribution >= 4 is 23.9 Å². The van der Waals surface area contributed by atoms with E-state index in [1.807, 2.05) is 30.3 Å². The second-order valence-corrected chi connectivity index (χ2v) is 4.46. The van der Waals surface area contributed by atoms with Gasteiger partial charge in [-0.2, -0.15) is 5.10 Å². The van der Waals surface area contributed by atoms with Crippen LogP contribution < -0.4 is 5.43 Å². The van der Waals surface area contributed by atoms with Crippen LogP contribution in [-0.4, -0.2) is 17.9 Å². The number of furan rings is 1. The lowest BCUT2D eigenvalue weighted by Gasteiger charge is -1.99. The van der Waals surface area contributed by atoms with E-state index in [1.54, 1.807) is 18.4 Å². The Bertz CT molecular complexity index is 509. The first-order chi connectivity index (χ1) is 8.84. The molecule has 2 rings (SSSR count). The van der Waals surface area contributed by atoms with Crippen molar-refractivity contribution in [2.45, 2.75) is 4.90 Å². The summed E-state index contributed by atoms with van der Waals surface area (Å²) in [6.45, 7) is 0. The number of carbonyl (C=O) groups excluding carboxylic acids is 1. The van der Waals surface area contributed by atoms with Crippen LogP contribution in [0.25, 0.3) is 0 Å². The zero-order valence-corrected chi connectivity index (χ0v) is 10.4. The molecule has 0 unspecified atom stereocenters. The van der Waals surface area contributed by atoms with Gasteiger partial charge in [-0.1, -0.05) is 18.2 Å². The summed E-state index contributed by atoms with van der Waals surface area (Å²) in [7, 11) is 0. The molecular weight excluding hydrogens is 248 g/mol. The minimum absolute atomic E-state index is 0.147. The Labute approximate surface area is 109 Å². The van der Waals surface area contributed by atoms with Crippen LogP contribution in [0.1, 0.15) is 5.76 Å². The summed E-state index contributed by atoms with van der Waals surface area (Å²) in [6.07, 6.45) is 3.01. The molecule has 18 heavy (non-hydrogen) atoms. The largest absolute Gasteiger partial charge is 0.463 e. The Morgan fingerprint density at radius 1 is 1.28 bits per heavy atom. The van der Waals surface area contributed by atoms with Gasteiger partial charge in [0, 0.05) is 4.90 Å². The smallest absolute Gasteiger partial charge is 0.250 e. The third-order valence-corrected chi connectivity index (χ3v) is 3.05. The average molecular weight is 260 g/mol. The standard InChI is InChI=1S/C13H12N2O2S/c16-13(10-18-12-6-2-1-3-7-12)15-14-9-11-5-4-8-17-11/h1-9H,10H2,(H,15,16)/b14-9-. The van der Waals surface area contributed by atoms with Gasteiger partial charge in [0.05, 0.1) is 18.2 Å². The van der Waals surface area contributed by atoms with E-state index in [0.717, 1.165) is 4.90 Å². The van der Waals surface area contributed by atoms with Crippen molar-refractivity contribution in [3.05, 3.63) is 54.5 Å². The number of hydrazone groups is 1. The number of benzene rings is 1. The molecule has 0 saturated heterocycles. The number of nitrogens with zero attached hydrogens (tertiary/aromatic N) is 1. The van der Waals surface area contributed by atoms with Crippen molar-refractivity contribution in [1.82, 2.24) is 5.43 Å². The fraction of sp³-hybridized carbons (Fsp3) is 0.0769. The molecule has 92 valence electrons. The summed E-state index contributed by atoms with van der Waals surface area (Å²) in [5, 5.41) is 3.79. The maximum Gasteiger partial charge on any atom is 0.250 e. The van der Waals surface area contributed by atoms with Crippen LogP contribution in [0.3, 0.4) is 0 Å². The first-order valence-electron chi connectivity index (χ1n) is 5.38. The molecule has 0 bridgehead atoms. The van der Waals surface area contributed by atoms with Crippen LogP contribution in [0.4, 0.5) is 0 Å². The minimum atomic E-state index is -0.147. The van der Waals surface area contributed by atoms with E-state index < -0.39 is 0 Å². The Morgan fingerprint density at radius 3 is 2.83 bits per heavy atom. The van der Waals surface area contributed by atoms with E-state index >= 15 is 0 Å². The van der Waals surface area contributed by atoms with E-state index in [1.165, 1.54) is 18.0 Å². The Morgan fingerprint density at radius 2 is 2.11 bits per heavy atom. The van der Waals surface area contributed by atoms with Crippen molar-refractivity contribution in [3.8, 4) is 0 Å². The molecule has 0 fully saturated rings. The monoisotopic (exact) mass is 260 g/mol. The maximum absolute atomic E-state index is 11.5. The highest BCUT2D eigenvalue weighted by Crippen LogP contribution is 2.15. The van der Waals surface area contributed by atoms with Gasteiger partial charge in [-0.05, 0) is 24.3 Å². The van der Waals surface area contributed by atoms with Gasteiger partial charge in [0.15, 0.2) is 0 Å². The lowest BCUT2D eigenvalue weighted by molar-refractivity contribution is -0.118. The van der Waals surface area contributed by atoms with Crippen molar-refractivity contribution in [1.29, 1.82) is 0 Å². The fourth-order valence-electron chi connectivity index (χ4n) is 1.23. The van der Waals surface area contributed by atoms with E-state index in [4.69, 9.17) is 4.42 Å². The van der Waals surface area contributed by atoms with E-state index in [-0.39, 0.29) is 5.91 Å². The van der Waals surface area contributed by atoms with Gasteiger partial charge < -0.3 is 4.42 Å². The predicted molar refractivity (Wildman–Crippen MR) is 71.6 cm³/mol. The average Bonchev–Trinajstić information content (AvgIpc) is 2.91. The number of nitrogens with one attached hydrogen (secondary N) is 1. The SMILES string of the molecule is O=C(CSc1ccccc1)N/N=C\c1ccco1. The molecule has 5 heteroatoms. The highest BCUT2D eigenvalue weighted by Gasteiger charge is 2.00. The van der Waals surface area contributed by atoms with Crippen LogP contribution in [0.2, 0.25) is 0 Å². The summed E-state index contributed by atoms with van der Waals surface area (Å²) in [5.74, 6) is 0.789. The molecule has 1 amide bonds. The van der Waals surface area contributed by atoms with Gasteiger partial charge in [-0.15, -0.1) is 11.8 Å².